The number of aliphatic carboxylic acids is 1. The Morgan fingerprint density at radius 2 is 1.85 bits per heavy atom. The van der Waals surface area contributed by atoms with E-state index in [0.717, 1.165) is 5.56 Å². The molecule has 20 heavy (non-hydrogen) atoms. The van der Waals surface area contributed by atoms with Crippen LogP contribution >= 0.6 is 0 Å². The van der Waals surface area contributed by atoms with Gasteiger partial charge < -0.3 is 15.8 Å². The Kier molecular flexibility index (Phi) is 5.92. The molecule has 5 N–H and O–H groups in total. The van der Waals surface area contributed by atoms with Crippen LogP contribution in [0.4, 0.5) is 0 Å². The third-order valence-electron chi connectivity index (χ3n) is 2.30. The van der Waals surface area contributed by atoms with Crippen LogP contribution in [0.2, 0.25) is 0 Å². The van der Waals surface area contributed by atoms with Crippen LogP contribution in [0.25, 0.3) is 0 Å². The number of carbonyl (C=O) groups is 1. The van der Waals surface area contributed by atoms with E-state index in [1.165, 1.54) is 12.3 Å². The van der Waals surface area contributed by atoms with Crippen molar-refractivity contribution >= 4 is 5.97 Å². The highest BCUT2D eigenvalue weighted by Gasteiger charge is 2.10. The SMILES string of the molecule is N[C@@H](Cc1ccccc1)C(=O)O.O=c1cc[nH]c(=O)[nH]1. The van der Waals surface area contributed by atoms with Gasteiger partial charge >= 0.3 is 11.7 Å². The predicted molar refractivity (Wildman–Crippen MR) is 73.4 cm³/mol. The Balaban J connectivity index is 0.000000217. The van der Waals surface area contributed by atoms with Crippen molar-refractivity contribution in [2.75, 3.05) is 0 Å². The van der Waals surface area contributed by atoms with Gasteiger partial charge in [-0.2, -0.15) is 0 Å². The quantitative estimate of drug-likeness (QED) is 0.612. The number of aromatic nitrogens is 2. The third kappa shape index (κ3) is 5.78. The molecule has 0 aliphatic carbocycles. The number of carboxylic acids is 1. The fourth-order valence-corrected chi connectivity index (χ4v) is 1.34. The number of benzene rings is 1. The predicted octanol–water partition coefficient (Wildman–Crippen LogP) is -0.296. The van der Waals surface area contributed by atoms with E-state index < -0.39 is 17.7 Å². The molecule has 0 bridgehead atoms. The summed E-state index contributed by atoms with van der Waals surface area (Å²) in [7, 11) is 0. The molecule has 1 aromatic carbocycles. The lowest BCUT2D eigenvalue weighted by molar-refractivity contribution is -0.138. The van der Waals surface area contributed by atoms with E-state index >= 15 is 0 Å². The lowest BCUT2D eigenvalue weighted by atomic mass is 10.1. The summed E-state index contributed by atoms with van der Waals surface area (Å²) in [5.41, 5.74) is 5.44. The zero-order valence-electron chi connectivity index (χ0n) is 10.6. The zero-order chi connectivity index (χ0) is 15.0. The van der Waals surface area contributed by atoms with Crippen molar-refractivity contribution in [2.45, 2.75) is 12.5 Å². The van der Waals surface area contributed by atoms with Gasteiger partial charge in [-0.25, -0.2) is 4.79 Å². The zero-order valence-corrected chi connectivity index (χ0v) is 10.6. The van der Waals surface area contributed by atoms with E-state index in [-0.39, 0.29) is 5.56 Å². The van der Waals surface area contributed by atoms with E-state index in [2.05, 4.69) is 4.98 Å². The molecule has 0 aliphatic heterocycles. The molecule has 0 amide bonds. The first kappa shape index (κ1) is 15.4. The highest BCUT2D eigenvalue weighted by molar-refractivity contribution is 5.73. The molecule has 0 spiro atoms. The van der Waals surface area contributed by atoms with E-state index in [1.54, 1.807) is 0 Å². The second-order valence-corrected chi connectivity index (χ2v) is 3.93. The van der Waals surface area contributed by atoms with Gasteiger partial charge in [0.05, 0.1) is 0 Å². The molecule has 1 aromatic heterocycles. The number of rotatable bonds is 3. The Bertz CT molecular complexity index is 623. The fourth-order valence-electron chi connectivity index (χ4n) is 1.34. The molecule has 7 heteroatoms. The Hall–Kier alpha value is -2.67. The second-order valence-electron chi connectivity index (χ2n) is 3.93. The first-order valence-corrected chi connectivity index (χ1v) is 5.79. The molecule has 0 aliphatic rings. The molecule has 7 nitrogen and oxygen atoms in total. The summed E-state index contributed by atoms with van der Waals surface area (Å²) in [5, 5.41) is 8.52. The smallest absolute Gasteiger partial charge is 0.325 e. The van der Waals surface area contributed by atoms with Crippen molar-refractivity contribution in [3.8, 4) is 0 Å². The summed E-state index contributed by atoms with van der Waals surface area (Å²) in [6.45, 7) is 0. The van der Waals surface area contributed by atoms with Gasteiger partial charge in [0.15, 0.2) is 0 Å². The Morgan fingerprint density at radius 3 is 2.30 bits per heavy atom. The average Bonchev–Trinajstić information content (AvgIpc) is 2.40. The van der Waals surface area contributed by atoms with Crippen molar-refractivity contribution in [1.29, 1.82) is 0 Å². The van der Waals surface area contributed by atoms with E-state index in [0.29, 0.717) is 6.42 Å². The largest absolute Gasteiger partial charge is 0.480 e. The van der Waals surface area contributed by atoms with Gasteiger partial charge in [0.1, 0.15) is 6.04 Å². The molecule has 0 radical (unpaired) electrons. The van der Waals surface area contributed by atoms with Crippen molar-refractivity contribution in [3.63, 3.8) is 0 Å². The molecule has 0 saturated heterocycles. The van der Waals surface area contributed by atoms with E-state index in [1.807, 2.05) is 35.3 Å². The summed E-state index contributed by atoms with van der Waals surface area (Å²) in [4.78, 5) is 35.0. The molecule has 0 unspecified atom stereocenters. The molecule has 106 valence electrons. The summed E-state index contributed by atoms with van der Waals surface area (Å²) in [6, 6.07) is 9.78. The summed E-state index contributed by atoms with van der Waals surface area (Å²) < 4.78 is 0. The minimum atomic E-state index is -0.959. The standard InChI is InChI=1S/C9H11NO2.C4H4N2O2/c10-8(9(11)12)6-7-4-2-1-3-5-7;7-3-1-2-5-4(8)6-3/h1-5,8H,6,10H2,(H,11,12);1-2H,(H2,5,6,7,8)/t8-;/m0./s1. The molecule has 1 atom stereocenters. The molecule has 2 rings (SSSR count). The topological polar surface area (TPSA) is 129 Å². The Morgan fingerprint density at radius 1 is 1.20 bits per heavy atom. The number of hydrogen-bond acceptors (Lipinski definition) is 4. The minimum Gasteiger partial charge on any atom is -0.480 e. The van der Waals surface area contributed by atoms with Gasteiger partial charge in [-0.05, 0) is 12.0 Å². The average molecular weight is 277 g/mol. The van der Waals surface area contributed by atoms with Crippen molar-refractivity contribution < 1.29 is 9.90 Å². The summed E-state index contributed by atoms with van der Waals surface area (Å²) >= 11 is 0. The lowest BCUT2D eigenvalue weighted by Crippen LogP contribution is -2.32. The van der Waals surface area contributed by atoms with Gasteiger partial charge in [0, 0.05) is 12.3 Å². The maximum Gasteiger partial charge on any atom is 0.325 e. The summed E-state index contributed by atoms with van der Waals surface area (Å²) in [6.07, 6.45) is 1.68. The maximum atomic E-state index is 10.4. The van der Waals surface area contributed by atoms with Crippen LogP contribution in [0, 0.1) is 0 Å². The van der Waals surface area contributed by atoms with E-state index in [9.17, 15) is 14.4 Å². The number of nitrogens with one attached hydrogen (secondary N) is 2. The third-order valence-corrected chi connectivity index (χ3v) is 2.30. The van der Waals surface area contributed by atoms with Gasteiger partial charge in [-0.1, -0.05) is 30.3 Å². The van der Waals surface area contributed by atoms with Crippen LogP contribution in [-0.4, -0.2) is 27.1 Å². The van der Waals surface area contributed by atoms with Crippen molar-refractivity contribution in [3.05, 3.63) is 69.0 Å². The van der Waals surface area contributed by atoms with Gasteiger partial charge in [-0.3, -0.25) is 14.6 Å². The molecule has 0 fully saturated rings. The lowest BCUT2D eigenvalue weighted by Gasteiger charge is -2.04. The van der Waals surface area contributed by atoms with Gasteiger partial charge in [0.25, 0.3) is 5.56 Å². The van der Waals surface area contributed by atoms with Crippen LogP contribution in [0.1, 0.15) is 5.56 Å². The first-order chi connectivity index (χ1) is 9.49. The van der Waals surface area contributed by atoms with Crippen LogP contribution in [0.3, 0.4) is 0 Å². The van der Waals surface area contributed by atoms with Crippen LogP contribution in [0.5, 0.6) is 0 Å². The van der Waals surface area contributed by atoms with Crippen LogP contribution in [0.15, 0.2) is 52.2 Å². The molecule has 1 heterocycles. The van der Waals surface area contributed by atoms with Crippen molar-refractivity contribution in [2.24, 2.45) is 5.73 Å². The molecule has 0 saturated carbocycles. The van der Waals surface area contributed by atoms with Crippen molar-refractivity contribution in [1.82, 2.24) is 9.97 Å². The molecule has 2 aromatic rings. The number of H-pyrrole nitrogens is 2. The molecular weight excluding hydrogens is 262 g/mol. The van der Waals surface area contributed by atoms with Gasteiger partial charge in [0.2, 0.25) is 0 Å². The second kappa shape index (κ2) is 7.70. The van der Waals surface area contributed by atoms with Crippen LogP contribution in [-0.2, 0) is 11.2 Å². The normalized spacial score (nSPS) is 11.1. The highest BCUT2D eigenvalue weighted by Crippen LogP contribution is 2.01. The monoisotopic (exact) mass is 277 g/mol. The number of carboxylic acid groups (broad SMARTS) is 1. The minimum absolute atomic E-state index is 0.381. The number of hydrogen-bond donors (Lipinski definition) is 4. The Labute approximate surface area is 114 Å². The summed E-state index contributed by atoms with van der Waals surface area (Å²) in [5.74, 6) is -0.959. The fraction of sp³-hybridized carbons (Fsp3) is 0.154. The van der Waals surface area contributed by atoms with E-state index in [4.69, 9.17) is 10.8 Å². The number of aromatic amines is 2. The highest BCUT2D eigenvalue weighted by atomic mass is 16.4. The first-order valence-electron chi connectivity index (χ1n) is 5.79. The van der Waals surface area contributed by atoms with Gasteiger partial charge in [-0.15, -0.1) is 0 Å². The van der Waals surface area contributed by atoms with Crippen LogP contribution < -0.4 is 17.0 Å². The molecular formula is C13H15N3O4. The maximum absolute atomic E-state index is 10.4. The number of nitrogens with two attached hydrogens (primary N) is 1.